The van der Waals surface area contributed by atoms with Crippen LogP contribution in [0.15, 0.2) is 60.7 Å². The Bertz CT molecular complexity index is 1150. The minimum absolute atomic E-state index is 0.255. The largest absolute Gasteiger partial charge is 0.462 e. The van der Waals surface area contributed by atoms with Crippen molar-refractivity contribution in [3.05, 3.63) is 87.8 Å². The molecule has 0 saturated carbocycles. The molecule has 1 N–H and O–H groups in total. The quantitative estimate of drug-likeness (QED) is 0.429. The summed E-state index contributed by atoms with van der Waals surface area (Å²) < 4.78 is 10.7. The number of hydrogen-bond acceptors (Lipinski definition) is 6. The van der Waals surface area contributed by atoms with Crippen molar-refractivity contribution in [2.75, 3.05) is 18.5 Å². The molecule has 1 aliphatic rings. The summed E-state index contributed by atoms with van der Waals surface area (Å²) in [6, 6.07) is 18.7. The first-order valence-corrected chi connectivity index (χ1v) is 12.7. The van der Waals surface area contributed by atoms with E-state index < -0.39 is 30.4 Å². The molecule has 1 aliphatic carbocycles. The highest BCUT2D eigenvalue weighted by Crippen LogP contribution is 2.40. The number of fused-ring (bicyclic) bond motifs is 1. The van der Waals surface area contributed by atoms with Crippen LogP contribution in [-0.4, -0.2) is 31.1 Å². The van der Waals surface area contributed by atoms with Crippen molar-refractivity contribution in [1.29, 1.82) is 0 Å². The molecule has 3 aromatic rings. The molecule has 0 fully saturated rings. The van der Waals surface area contributed by atoms with Gasteiger partial charge in [0.15, 0.2) is 6.61 Å². The summed E-state index contributed by atoms with van der Waals surface area (Å²) in [4.78, 5) is 39.7. The summed E-state index contributed by atoms with van der Waals surface area (Å²) in [6.07, 6.45) is 2.64. The zero-order valence-electron chi connectivity index (χ0n) is 19.9. The fourth-order valence-corrected chi connectivity index (χ4v) is 5.81. The van der Waals surface area contributed by atoms with Crippen molar-refractivity contribution in [3.8, 4) is 0 Å². The first-order chi connectivity index (χ1) is 17.0. The van der Waals surface area contributed by atoms with Crippen LogP contribution in [0.25, 0.3) is 0 Å². The van der Waals surface area contributed by atoms with Gasteiger partial charge in [-0.1, -0.05) is 67.6 Å². The maximum absolute atomic E-state index is 13.1. The van der Waals surface area contributed by atoms with Crippen molar-refractivity contribution < 1.29 is 23.9 Å². The predicted octanol–water partition coefficient (Wildman–Crippen LogP) is 5.36. The predicted molar refractivity (Wildman–Crippen MR) is 136 cm³/mol. The van der Waals surface area contributed by atoms with Gasteiger partial charge in [-0.05, 0) is 48.8 Å². The molecule has 1 heterocycles. The summed E-state index contributed by atoms with van der Waals surface area (Å²) in [5.41, 5.74) is 2.97. The highest BCUT2D eigenvalue weighted by molar-refractivity contribution is 7.17. The van der Waals surface area contributed by atoms with Crippen LogP contribution in [0.3, 0.4) is 0 Å². The van der Waals surface area contributed by atoms with Gasteiger partial charge in [-0.2, -0.15) is 0 Å². The van der Waals surface area contributed by atoms with Crippen molar-refractivity contribution >= 4 is 34.2 Å². The van der Waals surface area contributed by atoms with Crippen LogP contribution in [0.5, 0.6) is 0 Å². The third-order valence-corrected chi connectivity index (χ3v) is 7.26. The third-order valence-electron chi connectivity index (χ3n) is 6.09. The van der Waals surface area contributed by atoms with E-state index in [1.165, 1.54) is 11.3 Å². The normalized spacial score (nSPS) is 14.8. The Labute approximate surface area is 209 Å². The molecule has 0 aliphatic heterocycles. The number of thiophene rings is 1. The fraction of sp³-hybridized carbons (Fsp3) is 0.321. The second-order valence-corrected chi connectivity index (χ2v) is 9.79. The number of esters is 2. The van der Waals surface area contributed by atoms with E-state index in [9.17, 15) is 14.4 Å². The van der Waals surface area contributed by atoms with E-state index in [-0.39, 0.29) is 6.61 Å². The molecule has 182 valence electrons. The number of ether oxygens (including phenoxy) is 2. The van der Waals surface area contributed by atoms with E-state index in [1.807, 2.05) is 60.7 Å². The van der Waals surface area contributed by atoms with Crippen molar-refractivity contribution in [1.82, 2.24) is 0 Å². The Hall–Kier alpha value is -3.45. The molecule has 1 amide bonds. The zero-order valence-corrected chi connectivity index (χ0v) is 20.7. The Morgan fingerprint density at radius 1 is 1.00 bits per heavy atom. The van der Waals surface area contributed by atoms with Gasteiger partial charge in [0.05, 0.1) is 12.2 Å². The Morgan fingerprint density at radius 2 is 1.63 bits per heavy atom. The number of carbonyl (C=O) groups excluding carboxylic acids is 3. The number of rotatable bonds is 8. The van der Waals surface area contributed by atoms with E-state index >= 15 is 0 Å². The lowest BCUT2D eigenvalue weighted by Gasteiger charge is -2.18. The van der Waals surface area contributed by atoms with Gasteiger partial charge in [-0.15, -0.1) is 11.3 Å². The molecule has 0 radical (unpaired) electrons. The third kappa shape index (κ3) is 5.80. The fourth-order valence-electron chi connectivity index (χ4n) is 4.40. The Kier molecular flexibility index (Phi) is 7.98. The van der Waals surface area contributed by atoms with Crippen LogP contribution in [0.1, 0.15) is 58.1 Å². The first-order valence-electron chi connectivity index (χ1n) is 11.9. The smallest absolute Gasteiger partial charge is 0.341 e. The van der Waals surface area contributed by atoms with E-state index in [2.05, 4.69) is 12.2 Å². The lowest BCUT2D eigenvalue weighted by atomic mass is 9.88. The summed E-state index contributed by atoms with van der Waals surface area (Å²) in [6.45, 7) is 3.74. The summed E-state index contributed by atoms with van der Waals surface area (Å²) in [5, 5.41) is 3.26. The van der Waals surface area contributed by atoms with Crippen molar-refractivity contribution in [2.24, 2.45) is 5.92 Å². The minimum Gasteiger partial charge on any atom is -0.462 e. The molecular formula is C28H29NO5S. The van der Waals surface area contributed by atoms with Crippen LogP contribution in [0.2, 0.25) is 0 Å². The minimum atomic E-state index is -0.643. The van der Waals surface area contributed by atoms with Crippen LogP contribution in [0, 0.1) is 5.92 Å². The number of hydrogen-bond donors (Lipinski definition) is 1. The number of nitrogens with one attached hydrogen (secondary N) is 1. The standard InChI is InChI=1S/C28H29NO5S/c1-3-33-28(32)25-21-15-14-18(2)16-22(21)35-26(25)29-23(30)17-34-27(31)24(19-10-6-4-7-11-19)20-12-8-5-9-13-20/h4-13,18,24H,3,14-17H2,1-2H3,(H,29,30). The second-order valence-electron chi connectivity index (χ2n) is 8.69. The van der Waals surface area contributed by atoms with E-state index in [0.29, 0.717) is 16.5 Å². The topological polar surface area (TPSA) is 81.7 Å². The molecule has 1 aromatic heterocycles. The van der Waals surface area contributed by atoms with Gasteiger partial charge < -0.3 is 14.8 Å². The molecule has 4 rings (SSSR count). The molecule has 0 saturated heterocycles. The Morgan fingerprint density at radius 3 is 2.23 bits per heavy atom. The molecule has 1 atom stereocenters. The Balaban J connectivity index is 1.49. The number of carbonyl (C=O) groups is 3. The van der Waals surface area contributed by atoms with Gasteiger partial charge in [0, 0.05) is 4.88 Å². The number of benzene rings is 2. The van der Waals surface area contributed by atoms with Gasteiger partial charge in [-0.3, -0.25) is 9.59 Å². The van der Waals surface area contributed by atoms with Crippen LogP contribution < -0.4 is 5.32 Å². The van der Waals surface area contributed by atoms with Gasteiger partial charge in [0.2, 0.25) is 0 Å². The number of amides is 1. The summed E-state index contributed by atoms with van der Waals surface area (Å²) in [7, 11) is 0. The van der Waals surface area contributed by atoms with Gasteiger partial charge in [0.25, 0.3) is 5.91 Å². The second kappa shape index (κ2) is 11.3. The lowest BCUT2D eigenvalue weighted by Crippen LogP contribution is -2.25. The van der Waals surface area contributed by atoms with Gasteiger partial charge >= 0.3 is 11.9 Å². The molecule has 2 aromatic carbocycles. The van der Waals surface area contributed by atoms with Crippen LogP contribution in [0.4, 0.5) is 5.00 Å². The number of anilines is 1. The van der Waals surface area contributed by atoms with Crippen LogP contribution in [-0.2, 0) is 31.9 Å². The maximum atomic E-state index is 13.1. The highest BCUT2D eigenvalue weighted by Gasteiger charge is 2.30. The first kappa shape index (κ1) is 24.7. The molecule has 0 spiro atoms. The average molecular weight is 492 g/mol. The van der Waals surface area contributed by atoms with E-state index in [1.54, 1.807) is 6.92 Å². The average Bonchev–Trinajstić information content (AvgIpc) is 3.21. The van der Waals surface area contributed by atoms with E-state index in [0.717, 1.165) is 40.8 Å². The highest BCUT2D eigenvalue weighted by atomic mass is 32.1. The molecule has 0 bridgehead atoms. The zero-order chi connectivity index (χ0) is 24.8. The summed E-state index contributed by atoms with van der Waals surface area (Å²) in [5.74, 6) is -1.55. The molecule has 7 heteroatoms. The SMILES string of the molecule is CCOC(=O)c1c(NC(=O)COC(=O)C(c2ccccc2)c2ccccc2)sc2c1CCC(C)C2. The summed E-state index contributed by atoms with van der Waals surface area (Å²) >= 11 is 1.41. The van der Waals surface area contributed by atoms with Gasteiger partial charge in [-0.25, -0.2) is 4.79 Å². The lowest BCUT2D eigenvalue weighted by molar-refractivity contribution is -0.147. The van der Waals surface area contributed by atoms with Gasteiger partial charge in [0.1, 0.15) is 10.9 Å². The molecular weight excluding hydrogens is 462 g/mol. The molecule has 35 heavy (non-hydrogen) atoms. The molecule has 1 unspecified atom stereocenters. The molecule has 6 nitrogen and oxygen atoms in total. The van der Waals surface area contributed by atoms with Crippen LogP contribution >= 0.6 is 11.3 Å². The van der Waals surface area contributed by atoms with Crippen molar-refractivity contribution in [3.63, 3.8) is 0 Å². The van der Waals surface area contributed by atoms with Crippen molar-refractivity contribution in [2.45, 2.75) is 39.0 Å². The monoisotopic (exact) mass is 491 g/mol. The van der Waals surface area contributed by atoms with E-state index in [4.69, 9.17) is 9.47 Å². The maximum Gasteiger partial charge on any atom is 0.341 e.